The first-order chi connectivity index (χ1) is 9.74. The number of aromatic nitrogens is 1. The summed E-state index contributed by atoms with van der Waals surface area (Å²) in [6, 6.07) is 5.31. The van der Waals surface area contributed by atoms with Crippen LogP contribution in [0.25, 0.3) is 11.3 Å². The molecule has 0 radical (unpaired) electrons. The van der Waals surface area contributed by atoms with Gasteiger partial charge in [-0.15, -0.1) is 0 Å². The molecule has 5 heteroatoms. The molecule has 0 bridgehead atoms. The number of hydrogen-bond acceptors (Lipinski definition) is 4. The largest absolute Gasteiger partial charge is 0.496 e. The van der Waals surface area contributed by atoms with Crippen molar-refractivity contribution >= 4 is 5.97 Å². The standard InChI is InChI=1S/C16H19NO4/c1-9-6-10(12-8-13(15(18)19)21-17-12)7-11(14(9)20-5)16(2,3)4/h6-8H,1-5H3,(H,18,19). The second-order valence-corrected chi connectivity index (χ2v) is 6.01. The third kappa shape index (κ3) is 2.91. The van der Waals surface area contributed by atoms with Gasteiger partial charge in [-0.05, 0) is 30.0 Å². The Morgan fingerprint density at radius 1 is 1.29 bits per heavy atom. The average molecular weight is 289 g/mol. The highest BCUT2D eigenvalue weighted by molar-refractivity contribution is 5.85. The van der Waals surface area contributed by atoms with Crippen molar-refractivity contribution < 1.29 is 19.2 Å². The Labute approximate surface area is 123 Å². The van der Waals surface area contributed by atoms with E-state index >= 15 is 0 Å². The van der Waals surface area contributed by atoms with Crippen LogP contribution in [0.2, 0.25) is 0 Å². The van der Waals surface area contributed by atoms with Crippen LogP contribution in [0.4, 0.5) is 0 Å². The van der Waals surface area contributed by atoms with E-state index in [9.17, 15) is 4.79 Å². The minimum Gasteiger partial charge on any atom is -0.496 e. The third-order valence-corrected chi connectivity index (χ3v) is 3.30. The number of aromatic carboxylic acids is 1. The topological polar surface area (TPSA) is 72.6 Å². The summed E-state index contributed by atoms with van der Waals surface area (Å²) < 4.78 is 10.3. The van der Waals surface area contributed by atoms with Gasteiger partial charge in [0.15, 0.2) is 0 Å². The lowest BCUT2D eigenvalue weighted by Crippen LogP contribution is -2.13. The number of hydrogen-bond donors (Lipinski definition) is 1. The molecule has 1 heterocycles. The molecular weight excluding hydrogens is 270 g/mol. The Bertz CT molecular complexity index is 680. The first kappa shape index (κ1) is 15.1. The maximum Gasteiger partial charge on any atom is 0.374 e. The van der Waals surface area contributed by atoms with Crippen molar-refractivity contribution in [2.45, 2.75) is 33.1 Å². The van der Waals surface area contributed by atoms with E-state index in [0.29, 0.717) is 5.69 Å². The molecule has 0 saturated carbocycles. The first-order valence-electron chi connectivity index (χ1n) is 6.63. The van der Waals surface area contributed by atoms with Crippen molar-refractivity contribution in [1.82, 2.24) is 5.16 Å². The van der Waals surface area contributed by atoms with Gasteiger partial charge in [0.2, 0.25) is 5.76 Å². The minimum atomic E-state index is -1.13. The van der Waals surface area contributed by atoms with E-state index in [1.807, 2.05) is 19.1 Å². The minimum absolute atomic E-state index is 0.106. The van der Waals surface area contributed by atoms with Crippen LogP contribution in [0.5, 0.6) is 5.75 Å². The summed E-state index contributed by atoms with van der Waals surface area (Å²) in [6.45, 7) is 8.24. The number of benzene rings is 1. The maximum absolute atomic E-state index is 10.9. The smallest absolute Gasteiger partial charge is 0.374 e. The highest BCUT2D eigenvalue weighted by atomic mass is 16.5. The molecule has 5 nitrogen and oxygen atoms in total. The van der Waals surface area contributed by atoms with Crippen molar-refractivity contribution in [2.24, 2.45) is 0 Å². The molecule has 0 aliphatic carbocycles. The molecule has 0 aliphatic heterocycles. The van der Waals surface area contributed by atoms with Crippen LogP contribution in [0.3, 0.4) is 0 Å². The molecule has 1 aromatic carbocycles. The Kier molecular flexibility index (Phi) is 3.77. The summed E-state index contributed by atoms with van der Waals surface area (Å²) in [4.78, 5) is 10.9. The fourth-order valence-corrected chi connectivity index (χ4v) is 2.26. The molecular formula is C16H19NO4. The molecule has 112 valence electrons. The van der Waals surface area contributed by atoms with Gasteiger partial charge in [-0.3, -0.25) is 0 Å². The predicted molar refractivity (Wildman–Crippen MR) is 78.9 cm³/mol. The molecule has 2 aromatic rings. The Morgan fingerprint density at radius 3 is 2.43 bits per heavy atom. The molecule has 1 aromatic heterocycles. The Hall–Kier alpha value is -2.30. The van der Waals surface area contributed by atoms with Gasteiger partial charge in [0.1, 0.15) is 11.4 Å². The van der Waals surface area contributed by atoms with Crippen molar-refractivity contribution in [2.75, 3.05) is 7.11 Å². The number of rotatable bonds is 3. The second-order valence-electron chi connectivity index (χ2n) is 6.01. The number of aryl methyl sites for hydroxylation is 1. The quantitative estimate of drug-likeness (QED) is 0.933. The van der Waals surface area contributed by atoms with Gasteiger partial charge in [0.05, 0.1) is 7.11 Å². The van der Waals surface area contributed by atoms with Crippen LogP contribution in [0, 0.1) is 6.92 Å². The van der Waals surface area contributed by atoms with E-state index in [2.05, 4.69) is 25.9 Å². The molecule has 2 rings (SSSR count). The van der Waals surface area contributed by atoms with Crippen molar-refractivity contribution in [1.29, 1.82) is 0 Å². The first-order valence-corrected chi connectivity index (χ1v) is 6.63. The summed E-state index contributed by atoms with van der Waals surface area (Å²) in [7, 11) is 1.65. The van der Waals surface area contributed by atoms with Crippen LogP contribution in [0.1, 0.15) is 42.5 Å². The molecule has 0 spiro atoms. The lowest BCUT2D eigenvalue weighted by atomic mass is 9.84. The van der Waals surface area contributed by atoms with E-state index in [4.69, 9.17) is 14.4 Å². The van der Waals surface area contributed by atoms with E-state index < -0.39 is 5.97 Å². The van der Waals surface area contributed by atoms with Crippen molar-refractivity contribution in [3.05, 3.63) is 35.1 Å². The number of nitrogens with zero attached hydrogens (tertiary/aromatic N) is 1. The zero-order chi connectivity index (χ0) is 15.8. The van der Waals surface area contributed by atoms with Gasteiger partial charge in [0.25, 0.3) is 0 Å². The maximum atomic E-state index is 10.9. The van der Waals surface area contributed by atoms with Gasteiger partial charge in [-0.2, -0.15) is 0 Å². The van der Waals surface area contributed by atoms with E-state index in [0.717, 1.165) is 22.4 Å². The molecule has 0 saturated heterocycles. The number of carboxylic acid groups (broad SMARTS) is 1. The molecule has 0 fully saturated rings. The Balaban J connectivity index is 2.59. The van der Waals surface area contributed by atoms with E-state index in [1.54, 1.807) is 7.11 Å². The van der Waals surface area contributed by atoms with Gasteiger partial charge >= 0.3 is 5.97 Å². The second kappa shape index (κ2) is 5.24. The van der Waals surface area contributed by atoms with Crippen LogP contribution >= 0.6 is 0 Å². The van der Waals surface area contributed by atoms with Gasteiger partial charge < -0.3 is 14.4 Å². The number of ether oxygens (including phenoxy) is 1. The molecule has 21 heavy (non-hydrogen) atoms. The van der Waals surface area contributed by atoms with Gasteiger partial charge in [-0.25, -0.2) is 4.79 Å². The molecule has 0 aliphatic rings. The molecule has 0 amide bonds. The van der Waals surface area contributed by atoms with E-state index in [-0.39, 0.29) is 11.2 Å². The molecule has 1 N–H and O–H groups in total. The van der Waals surface area contributed by atoms with Crippen LogP contribution < -0.4 is 4.74 Å². The van der Waals surface area contributed by atoms with Crippen LogP contribution in [-0.2, 0) is 5.41 Å². The normalized spacial score (nSPS) is 11.5. The summed E-state index contributed by atoms with van der Waals surface area (Å²) in [6.07, 6.45) is 0. The van der Waals surface area contributed by atoms with Gasteiger partial charge in [-0.1, -0.05) is 25.9 Å². The SMILES string of the molecule is COc1c(C)cc(-c2cc(C(=O)O)on2)cc1C(C)(C)C. The molecule has 0 unspecified atom stereocenters. The highest BCUT2D eigenvalue weighted by Crippen LogP contribution is 2.37. The lowest BCUT2D eigenvalue weighted by Gasteiger charge is -2.24. The third-order valence-electron chi connectivity index (χ3n) is 3.30. The summed E-state index contributed by atoms with van der Waals surface area (Å²) in [5.74, 6) is -0.459. The fraction of sp³-hybridized carbons (Fsp3) is 0.375. The monoisotopic (exact) mass is 289 g/mol. The zero-order valence-electron chi connectivity index (χ0n) is 12.9. The van der Waals surface area contributed by atoms with Gasteiger partial charge in [0, 0.05) is 17.2 Å². The average Bonchev–Trinajstić information content (AvgIpc) is 2.86. The summed E-state index contributed by atoms with van der Waals surface area (Å²) in [5.41, 5.74) is 3.23. The highest BCUT2D eigenvalue weighted by Gasteiger charge is 2.22. The molecule has 0 atom stereocenters. The van der Waals surface area contributed by atoms with E-state index in [1.165, 1.54) is 6.07 Å². The van der Waals surface area contributed by atoms with Crippen molar-refractivity contribution in [3.8, 4) is 17.0 Å². The summed E-state index contributed by atoms with van der Waals surface area (Å²) >= 11 is 0. The van der Waals surface area contributed by atoms with Crippen LogP contribution in [-0.4, -0.2) is 23.3 Å². The zero-order valence-corrected chi connectivity index (χ0v) is 12.9. The number of carbonyl (C=O) groups is 1. The predicted octanol–water partition coefficient (Wildman–Crippen LogP) is 3.65. The number of methoxy groups -OCH3 is 1. The number of carboxylic acids is 1. The lowest BCUT2D eigenvalue weighted by molar-refractivity contribution is 0.0652. The van der Waals surface area contributed by atoms with Crippen molar-refractivity contribution in [3.63, 3.8) is 0 Å². The fourth-order valence-electron chi connectivity index (χ4n) is 2.26. The van der Waals surface area contributed by atoms with Crippen LogP contribution in [0.15, 0.2) is 22.7 Å². The Morgan fingerprint density at radius 2 is 1.95 bits per heavy atom. The summed E-state index contributed by atoms with van der Waals surface area (Å²) in [5, 5.41) is 12.7.